The summed E-state index contributed by atoms with van der Waals surface area (Å²) in [5, 5.41) is 8.69. The van der Waals surface area contributed by atoms with Crippen molar-refractivity contribution in [3.05, 3.63) is 35.4 Å². The summed E-state index contributed by atoms with van der Waals surface area (Å²) in [6.45, 7) is 8.04. The van der Waals surface area contributed by atoms with Crippen LogP contribution in [-0.2, 0) is 17.8 Å². The average molecular weight is 275 g/mol. The van der Waals surface area contributed by atoms with E-state index in [0.29, 0.717) is 6.42 Å². The summed E-state index contributed by atoms with van der Waals surface area (Å²) in [6, 6.07) is 8.41. The van der Waals surface area contributed by atoms with Crippen molar-refractivity contribution in [3.8, 4) is 0 Å². The van der Waals surface area contributed by atoms with Gasteiger partial charge in [-0.05, 0) is 35.8 Å². The number of carboxylic acids is 1. The average Bonchev–Trinajstić information content (AvgIpc) is 2.36. The molecule has 3 nitrogen and oxygen atoms in total. The fourth-order valence-electron chi connectivity index (χ4n) is 3.24. The van der Waals surface area contributed by atoms with E-state index >= 15 is 0 Å². The van der Waals surface area contributed by atoms with Crippen LogP contribution in [0.4, 0.5) is 0 Å². The van der Waals surface area contributed by atoms with Crippen LogP contribution < -0.4 is 0 Å². The van der Waals surface area contributed by atoms with Crippen LogP contribution in [0.5, 0.6) is 0 Å². The van der Waals surface area contributed by atoms with Gasteiger partial charge in [0.05, 0.1) is 0 Å². The molecular weight excluding hydrogens is 250 g/mol. The molecule has 0 aromatic heterocycles. The smallest absolute Gasteiger partial charge is 0.303 e. The summed E-state index contributed by atoms with van der Waals surface area (Å²) in [5.74, 6) is 0.840. The molecule has 3 heteroatoms. The van der Waals surface area contributed by atoms with Crippen molar-refractivity contribution in [3.63, 3.8) is 0 Å². The van der Waals surface area contributed by atoms with E-state index in [1.165, 1.54) is 25.1 Å². The van der Waals surface area contributed by atoms with Crippen molar-refractivity contribution in [1.82, 2.24) is 4.90 Å². The molecule has 0 saturated carbocycles. The first-order valence-electron chi connectivity index (χ1n) is 7.55. The number of rotatable bonds is 5. The molecule has 20 heavy (non-hydrogen) atoms. The highest BCUT2D eigenvalue weighted by molar-refractivity contribution is 5.67. The number of piperidine rings is 1. The van der Waals surface area contributed by atoms with Crippen LogP contribution in [0.1, 0.15) is 37.8 Å². The van der Waals surface area contributed by atoms with Crippen molar-refractivity contribution in [2.75, 3.05) is 13.1 Å². The lowest BCUT2D eigenvalue weighted by Gasteiger charge is -2.35. The van der Waals surface area contributed by atoms with E-state index in [0.717, 1.165) is 23.9 Å². The molecule has 1 fully saturated rings. The molecule has 0 amide bonds. The van der Waals surface area contributed by atoms with Crippen LogP contribution in [0.25, 0.3) is 0 Å². The van der Waals surface area contributed by atoms with Gasteiger partial charge in [-0.25, -0.2) is 0 Å². The Bertz CT molecular complexity index is 431. The number of benzene rings is 1. The third-order valence-corrected chi connectivity index (χ3v) is 4.00. The Labute approximate surface area is 121 Å². The van der Waals surface area contributed by atoms with Crippen LogP contribution in [0.3, 0.4) is 0 Å². The number of carbonyl (C=O) groups is 1. The van der Waals surface area contributed by atoms with Gasteiger partial charge in [0, 0.05) is 26.1 Å². The van der Waals surface area contributed by atoms with E-state index < -0.39 is 5.97 Å². The van der Waals surface area contributed by atoms with Gasteiger partial charge in [0.1, 0.15) is 0 Å². The standard InChI is InChI=1S/C17H25NO2/c1-13-9-14(2)11-18(10-13)12-16-5-3-15(4-6-16)7-8-17(19)20/h3-6,13-14H,7-12H2,1-2H3,(H,19,20). The van der Waals surface area contributed by atoms with Gasteiger partial charge >= 0.3 is 5.97 Å². The first-order valence-corrected chi connectivity index (χ1v) is 7.55. The molecule has 1 aromatic rings. The molecule has 0 spiro atoms. The Morgan fingerprint density at radius 2 is 1.70 bits per heavy atom. The van der Waals surface area contributed by atoms with Gasteiger partial charge in [-0.1, -0.05) is 38.1 Å². The van der Waals surface area contributed by atoms with Crippen LogP contribution >= 0.6 is 0 Å². The topological polar surface area (TPSA) is 40.5 Å². The van der Waals surface area contributed by atoms with Gasteiger partial charge in [0.2, 0.25) is 0 Å². The van der Waals surface area contributed by atoms with Crippen LogP contribution in [-0.4, -0.2) is 29.1 Å². The number of hydrogen-bond donors (Lipinski definition) is 1. The fourth-order valence-corrected chi connectivity index (χ4v) is 3.24. The van der Waals surface area contributed by atoms with Crippen molar-refractivity contribution >= 4 is 5.97 Å². The van der Waals surface area contributed by atoms with Crippen molar-refractivity contribution in [1.29, 1.82) is 0 Å². The third-order valence-electron chi connectivity index (χ3n) is 4.00. The summed E-state index contributed by atoms with van der Waals surface area (Å²) >= 11 is 0. The predicted octanol–water partition coefficient (Wildman–Crippen LogP) is 3.18. The Hall–Kier alpha value is -1.35. The van der Waals surface area contributed by atoms with Crippen LogP contribution in [0.2, 0.25) is 0 Å². The van der Waals surface area contributed by atoms with Gasteiger partial charge in [0.25, 0.3) is 0 Å². The molecule has 1 aliphatic heterocycles. The fraction of sp³-hybridized carbons (Fsp3) is 0.588. The molecule has 1 aliphatic rings. The summed E-state index contributed by atoms with van der Waals surface area (Å²) in [7, 11) is 0. The van der Waals surface area contributed by atoms with E-state index in [1.54, 1.807) is 0 Å². The van der Waals surface area contributed by atoms with E-state index in [1.807, 2.05) is 0 Å². The predicted molar refractivity (Wildman–Crippen MR) is 80.6 cm³/mol. The van der Waals surface area contributed by atoms with E-state index in [4.69, 9.17) is 5.11 Å². The van der Waals surface area contributed by atoms with Gasteiger partial charge < -0.3 is 5.11 Å². The second kappa shape index (κ2) is 6.89. The number of hydrogen-bond acceptors (Lipinski definition) is 2. The van der Waals surface area contributed by atoms with E-state index in [2.05, 4.69) is 43.0 Å². The van der Waals surface area contributed by atoms with Crippen LogP contribution in [0.15, 0.2) is 24.3 Å². The van der Waals surface area contributed by atoms with Crippen molar-refractivity contribution in [2.45, 2.75) is 39.7 Å². The Morgan fingerprint density at radius 3 is 2.25 bits per heavy atom. The largest absolute Gasteiger partial charge is 0.481 e. The lowest BCUT2D eigenvalue weighted by Crippen LogP contribution is -2.38. The molecule has 0 aliphatic carbocycles. The Kier molecular flexibility index (Phi) is 5.18. The maximum absolute atomic E-state index is 10.6. The van der Waals surface area contributed by atoms with Crippen molar-refractivity contribution < 1.29 is 9.90 Å². The minimum absolute atomic E-state index is 0.209. The molecule has 0 radical (unpaired) electrons. The van der Waals surface area contributed by atoms with Crippen molar-refractivity contribution in [2.24, 2.45) is 11.8 Å². The van der Waals surface area contributed by atoms with E-state index in [-0.39, 0.29) is 6.42 Å². The zero-order valence-corrected chi connectivity index (χ0v) is 12.5. The molecule has 1 heterocycles. The third kappa shape index (κ3) is 4.64. The minimum Gasteiger partial charge on any atom is -0.481 e. The Balaban J connectivity index is 1.88. The lowest BCUT2D eigenvalue weighted by molar-refractivity contribution is -0.136. The number of aliphatic carboxylic acids is 1. The monoisotopic (exact) mass is 275 g/mol. The van der Waals surface area contributed by atoms with Gasteiger partial charge in [-0.2, -0.15) is 0 Å². The SMILES string of the molecule is CC1CC(C)CN(Cc2ccc(CCC(=O)O)cc2)C1. The minimum atomic E-state index is -0.731. The number of likely N-dealkylation sites (tertiary alicyclic amines) is 1. The zero-order valence-electron chi connectivity index (χ0n) is 12.5. The maximum Gasteiger partial charge on any atom is 0.303 e. The number of aryl methyl sites for hydroxylation is 1. The molecule has 1 aromatic carbocycles. The normalized spacial score (nSPS) is 23.7. The Morgan fingerprint density at radius 1 is 1.15 bits per heavy atom. The lowest BCUT2D eigenvalue weighted by atomic mass is 9.91. The van der Waals surface area contributed by atoms with E-state index in [9.17, 15) is 4.79 Å². The first-order chi connectivity index (χ1) is 9.52. The van der Waals surface area contributed by atoms with Crippen LogP contribution in [0, 0.1) is 11.8 Å². The molecule has 2 rings (SSSR count). The zero-order chi connectivity index (χ0) is 14.5. The summed E-state index contributed by atoms with van der Waals surface area (Å²) in [4.78, 5) is 13.1. The molecule has 1 saturated heterocycles. The summed E-state index contributed by atoms with van der Waals surface area (Å²) < 4.78 is 0. The first kappa shape index (κ1) is 15.0. The molecule has 1 N–H and O–H groups in total. The molecule has 110 valence electrons. The molecule has 2 unspecified atom stereocenters. The second-order valence-corrected chi connectivity index (χ2v) is 6.35. The molecule has 0 bridgehead atoms. The highest BCUT2D eigenvalue weighted by atomic mass is 16.4. The maximum atomic E-state index is 10.6. The summed E-state index contributed by atoms with van der Waals surface area (Å²) in [6.07, 6.45) is 2.17. The quantitative estimate of drug-likeness (QED) is 0.897. The number of carboxylic acid groups (broad SMARTS) is 1. The van der Waals surface area contributed by atoms with Gasteiger partial charge in [0.15, 0.2) is 0 Å². The highest BCUT2D eigenvalue weighted by Crippen LogP contribution is 2.22. The summed E-state index contributed by atoms with van der Waals surface area (Å²) in [5.41, 5.74) is 2.43. The van der Waals surface area contributed by atoms with Gasteiger partial charge in [-0.15, -0.1) is 0 Å². The number of nitrogens with zero attached hydrogens (tertiary/aromatic N) is 1. The van der Waals surface area contributed by atoms with Gasteiger partial charge in [-0.3, -0.25) is 9.69 Å². The highest BCUT2D eigenvalue weighted by Gasteiger charge is 2.21. The molecule has 2 atom stereocenters. The second-order valence-electron chi connectivity index (χ2n) is 6.35. The molecular formula is C17H25NO2.